The van der Waals surface area contributed by atoms with Crippen LogP contribution in [0.4, 0.5) is 0 Å². The van der Waals surface area contributed by atoms with Gasteiger partial charge in [-0.15, -0.1) is 0 Å². The molecule has 6 nitrogen and oxygen atoms in total. The lowest BCUT2D eigenvalue weighted by atomic mass is 10.00. The molecule has 21 heavy (non-hydrogen) atoms. The second-order valence-corrected chi connectivity index (χ2v) is 5.10. The number of aliphatic carboxylic acids is 1. The highest BCUT2D eigenvalue weighted by Gasteiger charge is 2.33. The van der Waals surface area contributed by atoms with E-state index < -0.39 is 18.1 Å². The van der Waals surface area contributed by atoms with E-state index in [9.17, 15) is 14.4 Å². The minimum Gasteiger partial charge on any atom is -0.481 e. The highest BCUT2D eigenvalue weighted by Crippen LogP contribution is 2.10. The van der Waals surface area contributed by atoms with Crippen molar-refractivity contribution in [2.75, 3.05) is 0 Å². The molecule has 1 unspecified atom stereocenters. The van der Waals surface area contributed by atoms with Gasteiger partial charge >= 0.3 is 5.97 Å². The SMILES string of the molecule is O=C(O)CCCC1NC(=O)[C@H](Cc2ccccc2)NC1=O. The Morgan fingerprint density at radius 2 is 1.67 bits per heavy atom. The van der Waals surface area contributed by atoms with Crippen molar-refractivity contribution in [1.82, 2.24) is 10.6 Å². The van der Waals surface area contributed by atoms with E-state index >= 15 is 0 Å². The first-order valence-corrected chi connectivity index (χ1v) is 6.92. The molecule has 1 saturated heterocycles. The normalized spacial score (nSPS) is 21.5. The van der Waals surface area contributed by atoms with Crippen molar-refractivity contribution in [3.63, 3.8) is 0 Å². The lowest BCUT2D eigenvalue weighted by Crippen LogP contribution is -2.62. The molecular formula is C15H18N2O4. The van der Waals surface area contributed by atoms with Crippen LogP contribution in [-0.4, -0.2) is 35.0 Å². The van der Waals surface area contributed by atoms with E-state index in [1.54, 1.807) is 0 Å². The molecular weight excluding hydrogens is 272 g/mol. The standard InChI is InChI=1S/C15H18N2O4/c18-13(19)8-4-7-11-14(20)17-12(15(21)16-11)9-10-5-2-1-3-6-10/h1-3,5-6,11-12H,4,7-9H2,(H,16,21)(H,17,20)(H,18,19)/t11?,12-/m0/s1. The van der Waals surface area contributed by atoms with Gasteiger partial charge in [0, 0.05) is 12.8 Å². The molecule has 3 N–H and O–H groups in total. The molecule has 0 bridgehead atoms. The summed E-state index contributed by atoms with van der Waals surface area (Å²) in [4.78, 5) is 34.4. The number of piperazine rings is 1. The molecule has 0 aliphatic carbocycles. The van der Waals surface area contributed by atoms with Crippen LogP contribution in [0.5, 0.6) is 0 Å². The number of carbonyl (C=O) groups is 3. The van der Waals surface area contributed by atoms with E-state index in [0.29, 0.717) is 19.3 Å². The zero-order chi connectivity index (χ0) is 15.2. The van der Waals surface area contributed by atoms with Crippen LogP contribution in [0.15, 0.2) is 30.3 Å². The van der Waals surface area contributed by atoms with Crippen molar-refractivity contribution >= 4 is 17.8 Å². The molecule has 0 aromatic heterocycles. The highest BCUT2D eigenvalue weighted by molar-refractivity contribution is 5.97. The van der Waals surface area contributed by atoms with Crippen LogP contribution in [0.2, 0.25) is 0 Å². The third-order valence-corrected chi connectivity index (χ3v) is 3.43. The molecule has 1 aliphatic heterocycles. The van der Waals surface area contributed by atoms with Crippen LogP contribution in [0.1, 0.15) is 24.8 Å². The first-order chi connectivity index (χ1) is 10.1. The van der Waals surface area contributed by atoms with Crippen molar-refractivity contribution in [1.29, 1.82) is 0 Å². The van der Waals surface area contributed by atoms with Crippen LogP contribution in [0.3, 0.4) is 0 Å². The van der Waals surface area contributed by atoms with Crippen LogP contribution in [-0.2, 0) is 20.8 Å². The molecule has 1 fully saturated rings. The number of hydrogen-bond donors (Lipinski definition) is 3. The van der Waals surface area contributed by atoms with Gasteiger partial charge in [0.1, 0.15) is 12.1 Å². The zero-order valence-corrected chi connectivity index (χ0v) is 11.5. The van der Waals surface area contributed by atoms with Gasteiger partial charge in [-0.2, -0.15) is 0 Å². The Hall–Kier alpha value is -2.37. The van der Waals surface area contributed by atoms with E-state index in [0.717, 1.165) is 5.56 Å². The van der Waals surface area contributed by atoms with Gasteiger partial charge in [0.05, 0.1) is 0 Å². The number of carbonyl (C=O) groups excluding carboxylic acids is 2. The maximum absolute atomic E-state index is 12.0. The molecule has 112 valence electrons. The van der Waals surface area contributed by atoms with Crippen molar-refractivity contribution in [3.05, 3.63) is 35.9 Å². The number of hydrogen-bond acceptors (Lipinski definition) is 3. The minimum absolute atomic E-state index is 0.00685. The summed E-state index contributed by atoms with van der Waals surface area (Å²) in [5.74, 6) is -1.38. The lowest BCUT2D eigenvalue weighted by Gasteiger charge is -2.29. The molecule has 0 radical (unpaired) electrons. The van der Waals surface area contributed by atoms with Gasteiger partial charge in [0.25, 0.3) is 0 Å². The van der Waals surface area contributed by atoms with Crippen LogP contribution in [0, 0.1) is 0 Å². The van der Waals surface area contributed by atoms with Gasteiger partial charge in [-0.3, -0.25) is 14.4 Å². The maximum atomic E-state index is 12.0. The predicted molar refractivity (Wildman–Crippen MR) is 75.5 cm³/mol. The molecule has 6 heteroatoms. The second kappa shape index (κ2) is 6.88. The lowest BCUT2D eigenvalue weighted by molar-refractivity contribution is -0.138. The number of amides is 2. The van der Waals surface area contributed by atoms with Crippen LogP contribution >= 0.6 is 0 Å². The molecule has 2 amide bonds. The smallest absolute Gasteiger partial charge is 0.303 e. The van der Waals surface area contributed by atoms with E-state index in [1.165, 1.54) is 0 Å². The zero-order valence-electron chi connectivity index (χ0n) is 11.5. The molecule has 1 aromatic rings. The first-order valence-electron chi connectivity index (χ1n) is 6.92. The maximum Gasteiger partial charge on any atom is 0.303 e. The Bertz CT molecular complexity index is 530. The Labute approximate surface area is 122 Å². The number of nitrogens with one attached hydrogen (secondary N) is 2. The Kier molecular flexibility index (Phi) is 4.92. The minimum atomic E-state index is -0.903. The molecule has 0 spiro atoms. The summed E-state index contributed by atoms with van der Waals surface area (Å²) >= 11 is 0. The molecule has 0 saturated carbocycles. The summed E-state index contributed by atoms with van der Waals surface area (Å²) in [6.45, 7) is 0. The highest BCUT2D eigenvalue weighted by atomic mass is 16.4. The van der Waals surface area contributed by atoms with Crippen molar-refractivity contribution in [2.45, 2.75) is 37.8 Å². The Morgan fingerprint density at radius 1 is 1.05 bits per heavy atom. The Balaban J connectivity index is 1.88. The summed E-state index contributed by atoms with van der Waals surface area (Å²) in [6.07, 6.45) is 1.13. The van der Waals surface area contributed by atoms with Crippen molar-refractivity contribution < 1.29 is 19.5 Å². The van der Waals surface area contributed by atoms with Crippen molar-refractivity contribution in [3.8, 4) is 0 Å². The molecule has 2 rings (SSSR count). The van der Waals surface area contributed by atoms with Gasteiger partial charge in [-0.05, 0) is 18.4 Å². The van der Waals surface area contributed by atoms with E-state index in [4.69, 9.17) is 5.11 Å². The molecule has 1 heterocycles. The van der Waals surface area contributed by atoms with E-state index in [-0.39, 0.29) is 18.2 Å². The first kappa shape index (κ1) is 15.0. The Morgan fingerprint density at radius 3 is 2.33 bits per heavy atom. The summed E-state index contributed by atoms with van der Waals surface area (Å²) in [6, 6.07) is 8.25. The van der Waals surface area contributed by atoms with Crippen LogP contribution in [0.25, 0.3) is 0 Å². The number of benzene rings is 1. The van der Waals surface area contributed by atoms with E-state index in [1.807, 2.05) is 30.3 Å². The van der Waals surface area contributed by atoms with Crippen LogP contribution < -0.4 is 10.6 Å². The number of rotatable bonds is 6. The quantitative estimate of drug-likeness (QED) is 0.709. The number of carboxylic acids is 1. The third-order valence-electron chi connectivity index (χ3n) is 3.43. The molecule has 1 aromatic carbocycles. The fourth-order valence-corrected chi connectivity index (χ4v) is 2.33. The average Bonchev–Trinajstić information content (AvgIpc) is 2.45. The second-order valence-electron chi connectivity index (χ2n) is 5.10. The van der Waals surface area contributed by atoms with Gasteiger partial charge in [-0.1, -0.05) is 30.3 Å². The monoisotopic (exact) mass is 290 g/mol. The fourth-order valence-electron chi connectivity index (χ4n) is 2.33. The van der Waals surface area contributed by atoms with Gasteiger partial charge in [0.15, 0.2) is 0 Å². The largest absolute Gasteiger partial charge is 0.481 e. The molecule has 1 aliphatic rings. The third kappa shape index (κ3) is 4.30. The summed E-state index contributed by atoms with van der Waals surface area (Å²) < 4.78 is 0. The van der Waals surface area contributed by atoms with Crippen molar-refractivity contribution in [2.24, 2.45) is 0 Å². The van der Waals surface area contributed by atoms with Gasteiger partial charge in [-0.25, -0.2) is 0 Å². The van der Waals surface area contributed by atoms with E-state index in [2.05, 4.69) is 10.6 Å². The summed E-state index contributed by atoms with van der Waals surface area (Å²) in [7, 11) is 0. The average molecular weight is 290 g/mol. The topological polar surface area (TPSA) is 95.5 Å². The predicted octanol–water partition coefficient (Wildman–Crippen LogP) is 0.467. The van der Waals surface area contributed by atoms with Gasteiger partial charge < -0.3 is 15.7 Å². The summed E-state index contributed by atoms with van der Waals surface area (Å²) in [5.41, 5.74) is 0.974. The van der Waals surface area contributed by atoms with Gasteiger partial charge in [0.2, 0.25) is 11.8 Å². The fraction of sp³-hybridized carbons (Fsp3) is 0.400. The molecule has 2 atom stereocenters. The number of carboxylic acid groups (broad SMARTS) is 1. The summed E-state index contributed by atoms with van der Waals surface area (Å²) in [5, 5.41) is 13.9.